The van der Waals surface area contributed by atoms with E-state index in [0.717, 1.165) is 30.3 Å². The molecule has 0 aliphatic heterocycles. The molecular formula is C21H14ClN2O10S2+. The van der Waals surface area contributed by atoms with Crippen LogP contribution in [0.1, 0.15) is 20.7 Å². The number of carboxylic acid groups (broad SMARTS) is 2. The summed E-state index contributed by atoms with van der Waals surface area (Å²) in [5.41, 5.74) is 8.49. The average molecular weight is 554 g/mol. The predicted molar refractivity (Wildman–Crippen MR) is 129 cm³/mol. The molecule has 0 atom stereocenters. The fraction of sp³-hybridized carbons (Fsp3) is 0. The molecule has 12 nitrogen and oxygen atoms in total. The van der Waals surface area contributed by atoms with Crippen molar-refractivity contribution in [1.82, 2.24) is 0 Å². The molecule has 0 saturated carbocycles. The van der Waals surface area contributed by atoms with Crippen molar-refractivity contribution < 1.29 is 45.6 Å². The normalized spacial score (nSPS) is 12.2. The highest BCUT2D eigenvalue weighted by atomic mass is 35.7. The first kappa shape index (κ1) is 25.1. The minimum absolute atomic E-state index is 0.0624. The van der Waals surface area contributed by atoms with E-state index in [4.69, 9.17) is 26.6 Å². The highest BCUT2D eigenvalue weighted by molar-refractivity contribution is 8.14. The molecule has 0 aliphatic carbocycles. The highest BCUT2D eigenvalue weighted by Gasteiger charge is 2.36. The summed E-state index contributed by atoms with van der Waals surface area (Å²) in [6.07, 6.45) is 0. The highest BCUT2D eigenvalue weighted by Crippen LogP contribution is 2.44. The van der Waals surface area contributed by atoms with Gasteiger partial charge in [-0.2, -0.15) is 8.42 Å². The molecule has 0 saturated heterocycles. The molecule has 0 amide bonds. The first-order valence-corrected chi connectivity index (χ1v) is 13.3. The number of fused-ring (bicyclic) bond motifs is 2. The number of nitrogens with two attached hydrogens (primary N) is 2. The van der Waals surface area contributed by atoms with Gasteiger partial charge in [0.1, 0.15) is 0 Å². The molecule has 15 heteroatoms. The Morgan fingerprint density at radius 1 is 0.806 bits per heavy atom. The molecule has 0 spiro atoms. The molecule has 0 unspecified atom stereocenters. The quantitative estimate of drug-likeness (QED) is 0.0788. The monoisotopic (exact) mass is 553 g/mol. The van der Waals surface area contributed by atoms with Crippen molar-refractivity contribution in [3.8, 4) is 11.1 Å². The van der Waals surface area contributed by atoms with Crippen molar-refractivity contribution >= 4 is 75.1 Å². The lowest BCUT2D eigenvalue weighted by Gasteiger charge is -2.12. The predicted octanol–water partition coefficient (Wildman–Crippen LogP) is 3.27. The summed E-state index contributed by atoms with van der Waals surface area (Å²) in [6.45, 7) is 0. The van der Waals surface area contributed by atoms with Gasteiger partial charge in [0.2, 0.25) is 9.79 Å². The van der Waals surface area contributed by atoms with Crippen LogP contribution in [0.3, 0.4) is 0 Å². The Balaban J connectivity index is 2.39. The minimum atomic E-state index is -5.06. The SMILES string of the molecule is Nc1ccc2c(-c3ccc(C(=O)O)cc3C(=O)O)c3ccc(N)c(S(=O)(=O)Cl)c3[o+]c2c1S(=O)(=O)O. The number of benzene rings is 3. The third kappa shape index (κ3) is 4.05. The molecule has 4 aromatic rings. The number of aromatic carboxylic acids is 2. The first-order valence-electron chi connectivity index (χ1n) is 9.56. The Bertz CT molecular complexity index is 1770. The Morgan fingerprint density at radius 3 is 1.81 bits per heavy atom. The zero-order valence-corrected chi connectivity index (χ0v) is 20.0. The number of carboxylic acids is 2. The Kier molecular flexibility index (Phi) is 5.80. The lowest BCUT2D eigenvalue weighted by Crippen LogP contribution is -2.07. The van der Waals surface area contributed by atoms with Gasteiger partial charge in [-0.25, -0.2) is 22.4 Å². The summed E-state index contributed by atoms with van der Waals surface area (Å²) in [5.74, 6) is -2.95. The maximum absolute atomic E-state index is 12.4. The summed E-state index contributed by atoms with van der Waals surface area (Å²) < 4.78 is 64.6. The molecule has 0 bridgehead atoms. The van der Waals surface area contributed by atoms with Gasteiger partial charge in [-0.15, -0.1) is 0 Å². The molecule has 0 aliphatic rings. The van der Waals surface area contributed by atoms with E-state index in [0.29, 0.717) is 0 Å². The van der Waals surface area contributed by atoms with Crippen LogP contribution in [0.4, 0.5) is 11.4 Å². The maximum atomic E-state index is 12.4. The molecule has 1 heterocycles. The Morgan fingerprint density at radius 2 is 1.33 bits per heavy atom. The zero-order chi connectivity index (χ0) is 26.7. The summed E-state index contributed by atoms with van der Waals surface area (Å²) in [5, 5.41) is 19.0. The van der Waals surface area contributed by atoms with E-state index < -0.39 is 63.3 Å². The van der Waals surface area contributed by atoms with Crippen molar-refractivity contribution in [1.29, 1.82) is 0 Å². The second-order valence-corrected chi connectivity index (χ2v) is 11.3. The third-order valence-electron chi connectivity index (χ3n) is 5.30. The van der Waals surface area contributed by atoms with Crippen LogP contribution < -0.4 is 11.5 Å². The van der Waals surface area contributed by atoms with Crippen LogP contribution in [-0.2, 0) is 19.2 Å². The number of hydrogen-bond donors (Lipinski definition) is 5. The molecule has 0 radical (unpaired) electrons. The van der Waals surface area contributed by atoms with Crippen LogP contribution in [0, 0.1) is 0 Å². The molecular weight excluding hydrogens is 540 g/mol. The fourth-order valence-electron chi connectivity index (χ4n) is 3.88. The summed E-state index contributed by atoms with van der Waals surface area (Å²) in [6, 6.07) is 7.95. The van der Waals surface area contributed by atoms with Gasteiger partial charge in [0, 0.05) is 16.2 Å². The number of anilines is 2. The topological polar surface area (TPSA) is 226 Å². The number of hydrogen-bond acceptors (Lipinski definition) is 8. The van der Waals surface area contributed by atoms with Gasteiger partial charge in [-0.3, -0.25) is 4.55 Å². The Labute approximate surface area is 206 Å². The third-order valence-corrected chi connectivity index (χ3v) is 7.60. The van der Waals surface area contributed by atoms with Crippen molar-refractivity contribution in [2.75, 3.05) is 11.5 Å². The van der Waals surface area contributed by atoms with Gasteiger partial charge in [-0.1, -0.05) is 6.07 Å². The van der Waals surface area contributed by atoms with Crippen molar-refractivity contribution in [2.24, 2.45) is 0 Å². The molecule has 1 aromatic heterocycles. The van der Waals surface area contributed by atoms with E-state index in [1.165, 1.54) is 12.1 Å². The number of carbonyl (C=O) groups is 2. The van der Waals surface area contributed by atoms with Crippen molar-refractivity contribution in [2.45, 2.75) is 9.79 Å². The van der Waals surface area contributed by atoms with Crippen LogP contribution in [0.5, 0.6) is 0 Å². The van der Waals surface area contributed by atoms with Crippen LogP contribution in [-0.4, -0.2) is 43.5 Å². The van der Waals surface area contributed by atoms with Crippen LogP contribution >= 0.6 is 10.7 Å². The van der Waals surface area contributed by atoms with Crippen molar-refractivity contribution in [3.63, 3.8) is 0 Å². The zero-order valence-electron chi connectivity index (χ0n) is 17.6. The number of rotatable bonds is 5. The number of nitrogen functional groups attached to an aromatic ring is 2. The molecule has 186 valence electrons. The molecule has 3 aromatic carbocycles. The smallest absolute Gasteiger partial charge is 0.384 e. The van der Waals surface area contributed by atoms with Gasteiger partial charge in [0.05, 0.1) is 33.3 Å². The Hall–Kier alpha value is -3.98. The molecule has 0 fully saturated rings. The van der Waals surface area contributed by atoms with Gasteiger partial charge < -0.3 is 21.7 Å². The maximum Gasteiger partial charge on any atom is 0.384 e. The second kappa shape index (κ2) is 8.30. The van der Waals surface area contributed by atoms with Crippen LogP contribution in [0.15, 0.2) is 56.7 Å². The molecule has 4 rings (SSSR count). The average Bonchev–Trinajstić information content (AvgIpc) is 2.74. The molecule has 7 N–H and O–H groups in total. The van der Waals surface area contributed by atoms with Gasteiger partial charge in [0.25, 0.3) is 9.05 Å². The standard InChI is InChI=1S/C21H13ClN2O10S2/c22-35(29,30)18-13(23)5-3-10-15(9-2-1-8(20(25)26)7-12(9)21(27)28)11-4-6-14(24)19(36(31,32)33)17(11)34-16(10)18/h1-7H,23-24H2,(H2-,25,26,27,28,31,32,33)/p+1. The minimum Gasteiger partial charge on any atom is -0.478 e. The molecule has 36 heavy (non-hydrogen) atoms. The van der Waals surface area contributed by atoms with Crippen LogP contribution in [0.25, 0.3) is 33.1 Å². The van der Waals surface area contributed by atoms with Gasteiger partial charge in [-0.05, 0) is 42.0 Å². The second-order valence-electron chi connectivity index (χ2n) is 7.48. The van der Waals surface area contributed by atoms with E-state index in [9.17, 15) is 41.2 Å². The summed E-state index contributed by atoms with van der Waals surface area (Å²) in [7, 11) is -4.10. The number of halogens is 1. The van der Waals surface area contributed by atoms with E-state index in [1.54, 1.807) is 0 Å². The van der Waals surface area contributed by atoms with Gasteiger partial charge >= 0.3 is 33.2 Å². The lowest BCUT2D eigenvalue weighted by molar-refractivity contribution is 0.0696. The van der Waals surface area contributed by atoms with E-state index in [-0.39, 0.29) is 33.2 Å². The first-order chi connectivity index (χ1) is 16.6. The van der Waals surface area contributed by atoms with E-state index in [2.05, 4.69) is 0 Å². The van der Waals surface area contributed by atoms with Crippen LogP contribution in [0.2, 0.25) is 0 Å². The van der Waals surface area contributed by atoms with E-state index in [1.807, 2.05) is 0 Å². The lowest BCUT2D eigenvalue weighted by atomic mass is 9.92. The van der Waals surface area contributed by atoms with Gasteiger partial charge in [0.15, 0.2) is 0 Å². The van der Waals surface area contributed by atoms with E-state index >= 15 is 0 Å². The summed E-state index contributed by atoms with van der Waals surface area (Å²) >= 11 is 0. The largest absolute Gasteiger partial charge is 0.478 e. The van der Waals surface area contributed by atoms with Crippen molar-refractivity contribution in [3.05, 3.63) is 53.6 Å². The fourth-order valence-corrected chi connectivity index (χ4v) is 5.83. The summed E-state index contributed by atoms with van der Waals surface area (Å²) in [4.78, 5) is 21.9.